The van der Waals surface area contributed by atoms with Crippen LogP contribution in [-0.2, 0) is 0 Å². The number of benzene rings is 2. The number of carbonyl (C=O) groups is 1. The van der Waals surface area contributed by atoms with Crippen LogP contribution in [0.15, 0.2) is 42.5 Å². The highest BCUT2D eigenvalue weighted by atomic mass is 19.1. The summed E-state index contributed by atoms with van der Waals surface area (Å²) >= 11 is 0. The van der Waals surface area contributed by atoms with Crippen molar-refractivity contribution in [1.82, 2.24) is 0 Å². The van der Waals surface area contributed by atoms with Gasteiger partial charge >= 0.3 is 0 Å². The molecule has 2 rings (SSSR count). The molecular weight excluding hydrogens is 273 g/mol. The van der Waals surface area contributed by atoms with Gasteiger partial charge in [0, 0.05) is 5.56 Å². The predicted octanol–water partition coefficient (Wildman–Crippen LogP) is 2.35. The van der Waals surface area contributed by atoms with Crippen LogP contribution in [0.3, 0.4) is 0 Å². The first-order valence-corrected chi connectivity index (χ1v) is 6.44. The number of rotatable bonds is 5. The van der Waals surface area contributed by atoms with E-state index < -0.39 is 12.0 Å². The number of aryl methyl sites for hydroxylation is 1. The lowest BCUT2D eigenvalue weighted by Gasteiger charge is -2.15. The van der Waals surface area contributed by atoms with Gasteiger partial charge < -0.3 is 15.6 Å². The van der Waals surface area contributed by atoms with Crippen molar-refractivity contribution in [3.05, 3.63) is 65.0 Å². The summed E-state index contributed by atoms with van der Waals surface area (Å²) in [5.74, 6) is -0.339. The zero-order chi connectivity index (χ0) is 15.4. The van der Waals surface area contributed by atoms with E-state index in [0.29, 0.717) is 22.4 Å². The first-order chi connectivity index (χ1) is 9.97. The maximum atomic E-state index is 13.0. The van der Waals surface area contributed by atoms with Crippen molar-refractivity contribution < 1.29 is 19.0 Å². The molecule has 0 radical (unpaired) electrons. The highest BCUT2D eigenvalue weighted by Crippen LogP contribution is 2.20. The van der Waals surface area contributed by atoms with E-state index in [2.05, 4.69) is 0 Å². The molecular formula is C16H16FNO3. The van der Waals surface area contributed by atoms with Crippen LogP contribution in [0.2, 0.25) is 0 Å². The number of ether oxygens (including phenoxy) is 1. The molecule has 21 heavy (non-hydrogen) atoms. The molecule has 0 aliphatic carbocycles. The first-order valence-electron chi connectivity index (χ1n) is 6.44. The van der Waals surface area contributed by atoms with E-state index in [9.17, 15) is 14.3 Å². The molecule has 0 heterocycles. The molecule has 0 saturated heterocycles. The molecule has 4 nitrogen and oxygen atoms in total. The molecule has 2 aromatic carbocycles. The van der Waals surface area contributed by atoms with Gasteiger partial charge in [0.2, 0.25) is 5.91 Å². The zero-order valence-electron chi connectivity index (χ0n) is 11.5. The lowest BCUT2D eigenvalue weighted by atomic mass is 10.0. The molecule has 5 heteroatoms. The van der Waals surface area contributed by atoms with Crippen LogP contribution in [0.1, 0.15) is 27.6 Å². The van der Waals surface area contributed by atoms with E-state index in [4.69, 9.17) is 10.5 Å². The average Bonchev–Trinajstić information content (AvgIpc) is 2.45. The normalized spacial score (nSPS) is 12.0. The van der Waals surface area contributed by atoms with Gasteiger partial charge in [-0.3, -0.25) is 4.79 Å². The SMILES string of the molecule is Cc1cc(F)ccc1C(O)COc1ccc(C(N)=O)cc1. The van der Waals surface area contributed by atoms with E-state index >= 15 is 0 Å². The van der Waals surface area contributed by atoms with E-state index in [0.717, 1.165) is 0 Å². The zero-order valence-corrected chi connectivity index (χ0v) is 11.5. The van der Waals surface area contributed by atoms with Crippen LogP contribution in [0, 0.1) is 12.7 Å². The summed E-state index contributed by atoms with van der Waals surface area (Å²) in [5.41, 5.74) is 6.80. The second-order valence-corrected chi connectivity index (χ2v) is 4.72. The fraction of sp³-hybridized carbons (Fsp3) is 0.188. The molecule has 110 valence electrons. The minimum atomic E-state index is -0.860. The molecule has 1 atom stereocenters. The first kappa shape index (κ1) is 15.0. The van der Waals surface area contributed by atoms with Crippen molar-refractivity contribution in [3.8, 4) is 5.75 Å². The van der Waals surface area contributed by atoms with Gasteiger partial charge in [-0.15, -0.1) is 0 Å². The summed E-state index contributed by atoms with van der Waals surface area (Å²) in [7, 11) is 0. The number of aliphatic hydroxyl groups excluding tert-OH is 1. The second kappa shape index (κ2) is 6.37. The van der Waals surface area contributed by atoms with Crippen LogP contribution < -0.4 is 10.5 Å². The smallest absolute Gasteiger partial charge is 0.248 e. The van der Waals surface area contributed by atoms with Crippen molar-refractivity contribution in [3.63, 3.8) is 0 Å². The van der Waals surface area contributed by atoms with Gasteiger partial charge in [-0.05, 0) is 54.4 Å². The summed E-state index contributed by atoms with van der Waals surface area (Å²) in [6.45, 7) is 1.76. The van der Waals surface area contributed by atoms with Gasteiger partial charge in [0.1, 0.15) is 24.3 Å². The summed E-state index contributed by atoms with van der Waals surface area (Å²) in [6, 6.07) is 10.5. The van der Waals surface area contributed by atoms with E-state index in [1.807, 2.05) is 0 Å². The molecule has 0 aliphatic heterocycles. The van der Waals surface area contributed by atoms with Crippen molar-refractivity contribution >= 4 is 5.91 Å². The highest BCUT2D eigenvalue weighted by Gasteiger charge is 2.12. The number of carbonyl (C=O) groups excluding carboxylic acids is 1. The topological polar surface area (TPSA) is 72.6 Å². The average molecular weight is 289 g/mol. The number of aliphatic hydroxyl groups is 1. The van der Waals surface area contributed by atoms with Gasteiger partial charge in [-0.2, -0.15) is 0 Å². The Morgan fingerprint density at radius 1 is 1.29 bits per heavy atom. The van der Waals surface area contributed by atoms with Gasteiger partial charge in [0.15, 0.2) is 0 Å². The van der Waals surface area contributed by atoms with Gasteiger partial charge in [0.25, 0.3) is 0 Å². The van der Waals surface area contributed by atoms with Crippen LogP contribution in [-0.4, -0.2) is 17.6 Å². The Morgan fingerprint density at radius 2 is 1.95 bits per heavy atom. The summed E-state index contributed by atoms with van der Waals surface area (Å²) < 4.78 is 18.5. The maximum Gasteiger partial charge on any atom is 0.248 e. The van der Waals surface area contributed by atoms with Crippen molar-refractivity contribution in [2.45, 2.75) is 13.0 Å². The van der Waals surface area contributed by atoms with Crippen LogP contribution in [0.4, 0.5) is 4.39 Å². The van der Waals surface area contributed by atoms with Crippen LogP contribution in [0.5, 0.6) is 5.75 Å². The lowest BCUT2D eigenvalue weighted by Crippen LogP contribution is -2.12. The van der Waals surface area contributed by atoms with E-state index in [-0.39, 0.29) is 12.4 Å². The fourth-order valence-electron chi connectivity index (χ4n) is 1.99. The molecule has 0 fully saturated rings. The third-order valence-corrected chi connectivity index (χ3v) is 3.14. The Hall–Kier alpha value is -2.40. The molecule has 1 unspecified atom stereocenters. The van der Waals surface area contributed by atoms with Gasteiger partial charge in [-0.1, -0.05) is 6.07 Å². The molecule has 1 amide bonds. The second-order valence-electron chi connectivity index (χ2n) is 4.72. The van der Waals surface area contributed by atoms with Crippen LogP contribution >= 0.6 is 0 Å². The molecule has 0 spiro atoms. The number of primary amides is 1. The molecule has 0 aromatic heterocycles. The molecule has 3 N–H and O–H groups in total. The van der Waals surface area contributed by atoms with Crippen molar-refractivity contribution in [1.29, 1.82) is 0 Å². The number of hydrogen-bond donors (Lipinski definition) is 2. The van der Waals surface area contributed by atoms with Crippen LogP contribution in [0.25, 0.3) is 0 Å². The minimum absolute atomic E-state index is 0.0301. The number of nitrogens with two attached hydrogens (primary N) is 1. The Labute approximate surface area is 122 Å². The number of hydrogen-bond acceptors (Lipinski definition) is 3. The Kier molecular flexibility index (Phi) is 4.55. The van der Waals surface area contributed by atoms with Crippen molar-refractivity contribution in [2.24, 2.45) is 5.73 Å². The van der Waals surface area contributed by atoms with E-state index in [1.165, 1.54) is 18.2 Å². The van der Waals surface area contributed by atoms with E-state index in [1.54, 1.807) is 31.2 Å². The molecule has 0 aliphatic rings. The molecule has 0 bridgehead atoms. The van der Waals surface area contributed by atoms with Crippen molar-refractivity contribution in [2.75, 3.05) is 6.61 Å². The van der Waals surface area contributed by atoms with Gasteiger partial charge in [0.05, 0.1) is 0 Å². The summed E-state index contributed by atoms with van der Waals surface area (Å²) in [5, 5.41) is 10.1. The summed E-state index contributed by atoms with van der Waals surface area (Å²) in [4.78, 5) is 10.9. The monoisotopic (exact) mass is 289 g/mol. The standard InChI is InChI=1S/C16H16FNO3/c1-10-8-12(17)4-7-14(10)15(19)9-21-13-5-2-11(3-6-13)16(18)20/h2-8,15,19H,9H2,1H3,(H2,18,20). The lowest BCUT2D eigenvalue weighted by molar-refractivity contribution is 0.0998. The number of halogens is 1. The Balaban J connectivity index is 2.00. The minimum Gasteiger partial charge on any atom is -0.491 e. The molecule has 0 saturated carbocycles. The summed E-state index contributed by atoms with van der Waals surface area (Å²) in [6.07, 6.45) is -0.860. The maximum absolute atomic E-state index is 13.0. The Bertz CT molecular complexity index is 640. The van der Waals surface area contributed by atoms with Gasteiger partial charge in [-0.25, -0.2) is 4.39 Å². The third-order valence-electron chi connectivity index (χ3n) is 3.14. The molecule has 2 aromatic rings. The largest absolute Gasteiger partial charge is 0.491 e. The quantitative estimate of drug-likeness (QED) is 0.887. The third kappa shape index (κ3) is 3.79. The highest BCUT2D eigenvalue weighted by molar-refractivity contribution is 5.92. The fourth-order valence-corrected chi connectivity index (χ4v) is 1.99. The Morgan fingerprint density at radius 3 is 2.52 bits per heavy atom. The predicted molar refractivity (Wildman–Crippen MR) is 76.6 cm³/mol. The number of amides is 1.